The summed E-state index contributed by atoms with van der Waals surface area (Å²) in [7, 11) is 3.19. The van der Waals surface area contributed by atoms with Gasteiger partial charge in [-0.1, -0.05) is 42.5 Å². The van der Waals surface area contributed by atoms with E-state index in [0.717, 1.165) is 26.2 Å². The minimum atomic E-state index is -1.33. The van der Waals surface area contributed by atoms with E-state index in [4.69, 9.17) is 9.47 Å². The van der Waals surface area contributed by atoms with E-state index in [1.165, 1.54) is 10.6 Å². The molecule has 0 aromatic heterocycles. The van der Waals surface area contributed by atoms with E-state index in [0.29, 0.717) is 22.6 Å². The van der Waals surface area contributed by atoms with Crippen molar-refractivity contribution < 1.29 is 19.1 Å². The summed E-state index contributed by atoms with van der Waals surface area (Å²) in [4.78, 5) is 33.1. The number of hydrogen-bond acceptors (Lipinski definition) is 6. The standard InChI is InChI=1S/C28H30N4O4/c1-35-24-12-8-21(9-13-24)28(22-10-14-25(36-2)15-11-22)26(33)32(27(34)29-28)20-30-16-18-31(19-17-30)23-6-4-3-5-7-23/h3-15H,16-20H2,1-2H3,(H,29,34). The van der Waals surface area contributed by atoms with Crippen molar-refractivity contribution in [3.8, 4) is 11.5 Å². The number of anilines is 1. The molecule has 2 saturated heterocycles. The normalized spacial score (nSPS) is 17.7. The average Bonchev–Trinajstić information content (AvgIpc) is 3.19. The van der Waals surface area contributed by atoms with Crippen molar-refractivity contribution in [2.24, 2.45) is 0 Å². The van der Waals surface area contributed by atoms with Gasteiger partial charge in [0.1, 0.15) is 11.5 Å². The maximum Gasteiger partial charge on any atom is 0.326 e. The maximum atomic E-state index is 14.1. The second-order valence-electron chi connectivity index (χ2n) is 8.95. The van der Waals surface area contributed by atoms with Crippen molar-refractivity contribution in [3.63, 3.8) is 0 Å². The highest BCUT2D eigenvalue weighted by atomic mass is 16.5. The molecule has 0 bridgehead atoms. The molecular weight excluding hydrogens is 456 g/mol. The molecule has 1 N–H and O–H groups in total. The number of carbonyl (C=O) groups is 2. The molecule has 5 rings (SSSR count). The Labute approximate surface area is 211 Å². The molecule has 0 spiro atoms. The molecule has 186 valence electrons. The number of benzene rings is 3. The molecule has 0 saturated carbocycles. The van der Waals surface area contributed by atoms with E-state index in [1.54, 1.807) is 38.5 Å². The van der Waals surface area contributed by atoms with Crippen LogP contribution in [0.3, 0.4) is 0 Å². The van der Waals surface area contributed by atoms with Crippen LogP contribution < -0.4 is 19.7 Å². The first-order chi connectivity index (χ1) is 17.5. The molecule has 8 heteroatoms. The average molecular weight is 487 g/mol. The lowest BCUT2D eigenvalue weighted by molar-refractivity contribution is -0.131. The number of nitrogens with zero attached hydrogens (tertiary/aromatic N) is 3. The monoisotopic (exact) mass is 486 g/mol. The first-order valence-corrected chi connectivity index (χ1v) is 12.0. The van der Waals surface area contributed by atoms with Crippen LogP contribution in [0.2, 0.25) is 0 Å². The highest BCUT2D eigenvalue weighted by molar-refractivity contribution is 6.09. The van der Waals surface area contributed by atoms with Crippen molar-refractivity contribution in [2.45, 2.75) is 5.54 Å². The van der Waals surface area contributed by atoms with Gasteiger partial charge in [0.15, 0.2) is 5.54 Å². The Morgan fingerprint density at radius 1 is 0.750 bits per heavy atom. The molecular formula is C28H30N4O4. The Morgan fingerprint density at radius 3 is 1.78 bits per heavy atom. The molecule has 3 aromatic rings. The SMILES string of the molecule is COc1ccc(C2(c3ccc(OC)cc3)NC(=O)N(CN3CCN(c4ccccc4)CC3)C2=O)cc1. The van der Waals surface area contributed by atoms with Gasteiger partial charge in [0.25, 0.3) is 5.91 Å². The van der Waals surface area contributed by atoms with Gasteiger partial charge in [0.05, 0.1) is 20.9 Å². The Kier molecular flexibility index (Phi) is 6.52. The molecule has 3 amide bonds. The van der Waals surface area contributed by atoms with E-state index in [1.807, 2.05) is 42.5 Å². The lowest BCUT2D eigenvalue weighted by atomic mass is 9.82. The number of piperazine rings is 1. The van der Waals surface area contributed by atoms with Crippen LogP contribution in [0.15, 0.2) is 78.9 Å². The zero-order chi connectivity index (χ0) is 25.1. The molecule has 2 heterocycles. The van der Waals surface area contributed by atoms with Crippen LogP contribution in [-0.2, 0) is 10.3 Å². The van der Waals surface area contributed by atoms with Gasteiger partial charge in [0.2, 0.25) is 0 Å². The quantitative estimate of drug-likeness (QED) is 0.517. The van der Waals surface area contributed by atoms with Crippen molar-refractivity contribution in [2.75, 3.05) is 52.0 Å². The van der Waals surface area contributed by atoms with Gasteiger partial charge in [-0.15, -0.1) is 0 Å². The highest BCUT2D eigenvalue weighted by Gasteiger charge is 2.54. The van der Waals surface area contributed by atoms with Crippen LogP contribution in [0.25, 0.3) is 0 Å². The summed E-state index contributed by atoms with van der Waals surface area (Å²) in [6, 6.07) is 24.4. The number of amides is 3. The van der Waals surface area contributed by atoms with Crippen molar-refractivity contribution in [1.29, 1.82) is 0 Å². The van der Waals surface area contributed by atoms with Crippen LogP contribution in [0.1, 0.15) is 11.1 Å². The third-order valence-corrected chi connectivity index (χ3v) is 6.99. The molecule has 36 heavy (non-hydrogen) atoms. The number of imide groups is 1. The summed E-state index contributed by atoms with van der Waals surface area (Å²) in [6.07, 6.45) is 0. The molecule has 3 aromatic carbocycles. The highest BCUT2D eigenvalue weighted by Crippen LogP contribution is 2.37. The zero-order valence-electron chi connectivity index (χ0n) is 20.5. The van der Waals surface area contributed by atoms with Gasteiger partial charge >= 0.3 is 6.03 Å². The van der Waals surface area contributed by atoms with Crippen molar-refractivity contribution in [3.05, 3.63) is 90.0 Å². The topological polar surface area (TPSA) is 74.4 Å². The lowest BCUT2D eigenvalue weighted by Gasteiger charge is -2.37. The van der Waals surface area contributed by atoms with Crippen LogP contribution in [0, 0.1) is 0 Å². The van der Waals surface area contributed by atoms with Crippen molar-refractivity contribution in [1.82, 2.24) is 15.1 Å². The number of para-hydroxylation sites is 1. The van der Waals surface area contributed by atoms with Gasteiger partial charge < -0.3 is 19.7 Å². The number of hydrogen-bond donors (Lipinski definition) is 1. The molecule has 2 fully saturated rings. The third-order valence-electron chi connectivity index (χ3n) is 6.99. The number of nitrogens with one attached hydrogen (secondary N) is 1. The number of urea groups is 1. The number of methoxy groups -OCH3 is 2. The fraction of sp³-hybridized carbons (Fsp3) is 0.286. The summed E-state index contributed by atoms with van der Waals surface area (Å²) in [5.41, 5.74) is 1.19. The summed E-state index contributed by atoms with van der Waals surface area (Å²) in [5, 5.41) is 3.02. The van der Waals surface area contributed by atoms with E-state index < -0.39 is 11.6 Å². The molecule has 2 aliphatic rings. The van der Waals surface area contributed by atoms with Crippen LogP contribution in [0.5, 0.6) is 11.5 Å². The van der Waals surface area contributed by atoms with Crippen LogP contribution in [-0.4, -0.2) is 68.8 Å². The van der Waals surface area contributed by atoms with Gasteiger partial charge in [-0.2, -0.15) is 0 Å². The fourth-order valence-electron chi connectivity index (χ4n) is 4.93. The van der Waals surface area contributed by atoms with Gasteiger partial charge in [-0.25, -0.2) is 9.69 Å². The molecule has 8 nitrogen and oxygen atoms in total. The van der Waals surface area contributed by atoms with E-state index in [2.05, 4.69) is 27.2 Å². The minimum absolute atomic E-state index is 0.237. The summed E-state index contributed by atoms with van der Waals surface area (Å²) >= 11 is 0. The maximum absolute atomic E-state index is 14.1. The molecule has 0 aliphatic carbocycles. The van der Waals surface area contributed by atoms with E-state index in [-0.39, 0.29) is 12.6 Å². The number of ether oxygens (including phenoxy) is 2. The Hall–Kier alpha value is -4.04. The Bertz CT molecular complexity index is 1160. The summed E-state index contributed by atoms with van der Waals surface area (Å²) in [5.74, 6) is 1.05. The summed E-state index contributed by atoms with van der Waals surface area (Å²) in [6.45, 7) is 3.40. The first kappa shape index (κ1) is 23.7. The predicted molar refractivity (Wildman–Crippen MR) is 137 cm³/mol. The Morgan fingerprint density at radius 2 is 1.28 bits per heavy atom. The largest absolute Gasteiger partial charge is 0.497 e. The number of carbonyl (C=O) groups excluding carboxylic acids is 2. The second-order valence-corrected chi connectivity index (χ2v) is 8.95. The molecule has 0 atom stereocenters. The number of rotatable bonds is 7. The summed E-state index contributed by atoms with van der Waals surface area (Å²) < 4.78 is 10.6. The molecule has 0 unspecified atom stereocenters. The second kappa shape index (κ2) is 9.91. The fourth-order valence-corrected chi connectivity index (χ4v) is 4.93. The van der Waals surface area contributed by atoms with Crippen LogP contribution in [0.4, 0.5) is 10.5 Å². The Balaban J connectivity index is 1.39. The third kappa shape index (κ3) is 4.24. The van der Waals surface area contributed by atoms with E-state index >= 15 is 0 Å². The van der Waals surface area contributed by atoms with E-state index in [9.17, 15) is 9.59 Å². The zero-order valence-corrected chi connectivity index (χ0v) is 20.5. The van der Waals surface area contributed by atoms with Gasteiger partial charge in [0, 0.05) is 31.9 Å². The van der Waals surface area contributed by atoms with Crippen molar-refractivity contribution >= 4 is 17.6 Å². The first-order valence-electron chi connectivity index (χ1n) is 12.0. The molecule has 0 radical (unpaired) electrons. The van der Waals surface area contributed by atoms with Gasteiger partial charge in [-0.05, 0) is 47.5 Å². The lowest BCUT2D eigenvalue weighted by Crippen LogP contribution is -2.52. The van der Waals surface area contributed by atoms with Crippen LogP contribution >= 0.6 is 0 Å². The van der Waals surface area contributed by atoms with Gasteiger partial charge in [-0.3, -0.25) is 9.69 Å². The molecule has 2 aliphatic heterocycles. The predicted octanol–water partition coefficient (Wildman–Crippen LogP) is 3.28. The minimum Gasteiger partial charge on any atom is -0.497 e. The smallest absolute Gasteiger partial charge is 0.326 e.